The van der Waals surface area contributed by atoms with Gasteiger partial charge in [-0.05, 0) is 18.8 Å². The van der Waals surface area contributed by atoms with Crippen molar-refractivity contribution in [2.24, 2.45) is 5.92 Å². The lowest BCUT2D eigenvalue weighted by atomic mass is 10.3. The summed E-state index contributed by atoms with van der Waals surface area (Å²) in [7, 11) is 0. The number of hydrogen-bond donors (Lipinski definition) is 0. The molecule has 3 heteroatoms. The van der Waals surface area contributed by atoms with Crippen molar-refractivity contribution in [1.82, 2.24) is 10.1 Å². The minimum absolute atomic E-state index is 0.677. The number of hydrogen-bond acceptors (Lipinski definition) is 3. The largest absolute Gasteiger partial charge is 0.340 e. The molecule has 54 valence electrons. The first kappa shape index (κ1) is 5.89. The van der Waals surface area contributed by atoms with E-state index in [9.17, 15) is 0 Å². The van der Waals surface area contributed by atoms with Crippen molar-refractivity contribution in [3.63, 3.8) is 0 Å². The average molecular weight is 138 g/mol. The summed E-state index contributed by atoms with van der Waals surface area (Å²) in [6.45, 7) is 1.82. The summed E-state index contributed by atoms with van der Waals surface area (Å²) >= 11 is 0. The summed E-state index contributed by atoms with van der Waals surface area (Å²) in [5, 5.41) is 3.81. The van der Waals surface area contributed by atoms with Crippen LogP contribution < -0.4 is 0 Å². The lowest BCUT2D eigenvalue weighted by molar-refractivity contribution is 0.386. The summed E-state index contributed by atoms with van der Waals surface area (Å²) in [4.78, 5) is 4.11. The molecule has 1 aromatic heterocycles. The summed E-state index contributed by atoms with van der Waals surface area (Å²) in [5.74, 6) is 2.40. The van der Waals surface area contributed by atoms with Gasteiger partial charge >= 0.3 is 0 Å². The lowest BCUT2D eigenvalue weighted by Crippen LogP contribution is -1.88. The Morgan fingerprint density at radius 1 is 1.60 bits per heavy atom. The molecule has 1 aliphatic carbocycles. The van der Waals surface area contributed by atoms with E-state index in [4.69, 9.17) is 4.52 Å². The molecule has 2 rings (SSSR count). The van der Waals surface area contributed by atoms with Gasteiger partial charge in [-0.15, -0.1) is 0 Å². The van der Waals surface area contributed by atoms with Gasteiger partial charge in [-0.25, -0.2) is 0 Å². The van der Waals surface area contributed by atoms with E-state index in [0.717, 1.165) is 18.2 Å². The number of aryl methyl sites for hydroxylation is 1. The molecule has 0 amide bonds. The van der Waals surface area contributed by atoms with E-state index in [1.807, 2.05) is 6.92 Å². The third-order valence-corrected chi connectivity index (χ3v) is 1.74. The monoisotopic (exact) mass is 138 g/mol. The molecule has 0 saturated heterocycles. The van der Waals surface area contributed by atoms with Crippen LogP contribution in [0.25, 0.3) is 0 Å². The van der Waals surface area contributed by atoms with Crippen molar-refractivity contribution in [3.05, 3.63) is 11.7 Å². The van der Waals surface area contributed by atoms with Gasteiger partial charge in [0.05, 0.1) is 0 Å². The van der Waals surface area contributed by atoms with E-state index in [0.29, 0.717) is 5.89 Å². The van der Waals surface area contributed by atoms with Crippen molar-refractivity contribution in [2.75, 3.05) is 0 Å². The van der Waals surface area contributed by atoms with Crippen molar-refractivity contribution >= 4 is 0 Å². The molecule has 1 heterocycles. The van der Waals surface area contributed by atoms with E-state index in [1.54, 1.807) is 0 Å². The molecule has 0 N–H and O–H groups in total. The Kier molecular flexibility index (Phi) is 1.22. The fourth-order valence-corrected chi connectivity index (χ4v) is 1.00. The molecule has 0 unspecified atom stereocenters. The molecular weight excluding hydrogens is 128 g/mol. The van der Waals surface area contributed by atoms with Gasteiger partial charge in [0.25, 0.3) is 0 Å². The topological polar surface area (TPSA) is 38.9 Å². The first-order valence-electron chi connectivity index (χ1n) is 3.64. The highest BCUT2D eigenvalue weighted by molar-refractivity contribution is 4.90. The first-order valence-corrected chi connectivity index (χ1v) is 3.64. The maximum Gasteiger partial charge on any atom is 0.223 e. The second kappa shape index (κ2) is 2.08. The Morgan fingerprint density at radius 2 is 2.40 bits per heavy atom. The average Bonchev–Trinajstić information content (AvgIpc) is 2.59. The van der Waals surface area contributed by atoms with Gasteiger partial charge in [0, 0.05) is 13.3 Å². The summed E-state index contributed by atoms with van der Waals surface area (Å²) in [5.41, 5.74) is 0. The fourth-order valence-electron chi connectivity index (χ4n) is 1.00. The van der Waals surface area contributed by atoms with E-state index >= 15 is 0 Å². The zero-order chi connectivity index (χ0) is 6.97. The molecule has 0 spiro atoms. The minimum Gasteiger partial charge on any atom is -0.340 e. The molecular formula is C7H10N2O. The van der Waals surface area contributed by atoms with Crippen LogP contribution in [0.1, 0.15) is 24.6 Å². The smallest absolute Gasteiger partial charge is 0.223 e. The van der Waals surface area contributed by atoms with Crippen LogP contribution in [0.4, 0.5) is 0 Å². The first-order chi connectivity index (χ1) is 4.84. The van der Waals surface area contributed by atoms with Crippen LogP contribution in [0, 0.1) is 12.8 Å². The molecule has 0 radical (unpaired) electrons. The molecule has 0 aromatic carbocycles. The van der Waals surface area contributed by atoms with Crippen LogP contribution in [0.5, 0.6) is 0 Å². The standard InChI is InChI=1S/C7H10N2O/c1-5-8-7(9-10-5)4-6-2-3-6/h6H,2-4H2,1H3. The van der Waals surface area contributed by atoms with Crippen LogP contribution in [0.3, 0.4) is 0 Å². The van der Waals surface area contributed by atoms with Gasteiger partial charge in [0.2, 0.25) is 5.89 Å². The summed E-state index contributed by atoms with van der Waals surface area (Å²) in [6, 6.07) is 0. The minimum atomic E-state index is 0.677. The van der Waals surface area contributed by atoms with Crippen molar-refractivity contribution < 1.29 is 4.52 Å². The Morgan fingerprint density at radius 3 is 2.90 bits per heavy atom. The Labute approximate surface area is 59.4 Å². The Bertz CT molecular complexity index is 227. The van der Waals surface area contributed by atoms with E-state index in [2.05, 4.69) is 10.1 Å². The SMILES string of the molecule is Cc1nc(CC2CC2)no1. The van der Waals surface area contributed by atoms with Crippen LogP contribution in [-0.2, 0) is 6.42 Å². The highest BCUT2D eigenvalue weighted by Gasteiger charge is 2.23. The molecule has 0 atom stereocenters. The third kappa shape index (κ3) is 1.17. The highest BCUT2D eigenvalue weighted by atomic mass is 16.5. The number of rotatable bonds is 2. The molecule has 3 nitrogen and oxygen atoms in total. The summed E-state index contributed by atoms with van der Waals surface area (Å²) in [6.07, 6.45) is 3.69. The van der Waals surface area contributed by atoms with Crippen LogP contribution in [0.2, 0.25) is 0 Å². The van der Waals surface area contributed by atoms with Gasteiger partial charge in [-0.1, -0.05) is 5.16 Å². The number of nitrogens with zero attached hydrogens (tertiary/aromatic N) is 2. The predicted molar refractivity (Wildman–Crippen MR) is 35.5 cm³/mol. The van der Waals surface area contributed by atoms with Gasteiger partial charge in [0.15, 0.2) is 5.82 Å². The van der Waals surface area contributed by atoms with Gasteiger partial charge in [-0.2, -0.15) is 4.98 Å². The molecule has 1 saturated carbocycles. The second-order valence-corrected chi connectivity index (χ2v) is 2.88. The highest BCUT2D eigenvalue weighted by Crippen LogP contribution is 2.31. The molecule has 1 fully saturated rings. The van der Waals surface area contributed by atoms with E-state index in [-0.39, 0.29) is 0 Å². The maximum absolute atomic E-state index is 4.83. The quantitative estimate of drug-likeness (QED) is 0.618. The maximum atomic E-state index is 4.83. The number of aromatic nitrogens is 2. The Hall–Kier alpha value is -0.860. The van der Waals surface area contributed by atoms with Crippen molar-refractivity contribution in [2.45, 2.75) is 26.2 Å². The molecule has 0 bridgehead atoms. The second-order valence-electron chi connectivity index (χ2n) is 2.88. The zero-order valence-corrected chi connectivity index (χ0v) is 6.00. The molecule has 1 aromatic rings. The van der Waals surface area contributed by atoms with Crippen molar-refractivity contribution in [3.8, 4) is 0 Å². The third-order valence-electron chi connectivity index (χ3n) is 1.74. The normalized spacial score (nSPS) is 17.7. The molecule has 10 heavy (non-hydrogen) atoms. The molecule has 0 aliphatic heterocycles. The Balaban J connectivity index is 2.03. The van der Waals surface area contributed by atoms with E-state index in [1.165, 1.54) is 12.8 Å². The van der Waals surface area contributed by atoms with Crippen LogP contribution in [-0.4, -0.2) is 10.1 Å². The molecule has 1 aliphatic rings. The van der Waals surface area contributed by atoms with Crippen LogP contribution >= 0.6 is 0 Å². The van der Waals surface area contributed by atoms with Gasteiger partial charge in [0.1, 0.15) is 0 Å². The predicted octanol–water partition coefficient (Wildman–Crippen LogP) is 1.33. The van der Waals surface area contributed by atoms with Gasteiger partial charge < -0.3 is 4.52 Å². The lowest BCUT2D eigenvalue weighted by Gasteiger charge is -1.84. The van der Waals surface area contributed by atoms with Crippen molar-refractivity contribution in [1.29, 1.82) is 0 Å². The van der Waals surface area contributed by atoms with Gasteiger partial charge in [-0.3, -0.25) is 0 Å². The van der Waals surface area contributed by atoms with Crippen LogP contribution in [0.15, 0.2) is 4.52 Å². The zero-order valence-electron chi connectivity index (χ0n) is 6.00. The fraction of sp³-hybridized carbons (Fsp3) is 0.714. The van der Waals surface area contributed by atoms with E-state index < -0.39 is 0 Å². The summed E-state index contributed by atoms with van der Waals surface area (Å²) < 4.78 is 4.83.